The SMILES string of the molecule is CCCCOc1ccc(/C=C/c2cc(F)c(N)cc2F)cc1. The van der Waals surface area contributed by atoms with E-state index in [0.717, 1.165) is 36.3 Å². The molecule has 0 radical (unpaired) electrons. The zero-order chi connectivity index (χ0) is 15.9. The molecule has 0 saturated carbocycles. The second-order valence-electron chi connectivity index (χ2n) is 5.00. The number of halogens is 2. The van der Waals surface area contributed by atoms with Crippen LogP contribution in [0.5, 0.6) is 5.75 Å². The molecule has 2 rings (SSSR count). The van der Waals surface area contributed by atoms with Gasteiger partial charge in [0.2, 0.25) is 0 Å². The van der Waals surface area contributed by atoms with E-state index in [0.29, 0.717) is 6.61 Å². The Kier molecular flexibility index (Phi) is 5.53. The maximum absolute atomic E-state index is 13.7. The minimum atomic E-state index is -0.624. The number of hydrogen-bond donors (Lipinski definition) is 1. The highest BCUT2D eigenvalue weighted by Crippen LogP contribution is 2.20. The number of nitrogen functional groups attached to an aromatic ring is 1. The summed E-state index contributed by atoms with van der Waals surface area (Å²) in [4.78, 5) is 0. The van der Waals surface area contributed by atoms with E-state index in [1.807, 2.05) is 24.3 Å². The molecular formula is C18H19F2NO. The summed E-state index contributed by atoms with van der Waals surface area (Å²) in [6, 6.07) is 9.51. The van der Waals surface area contributed by atoms with Gasteiger partial charge in [-0.2, -0.15) is 0 Å². The highest BCUT2D eigenvalue weighted by Gasteiger charge is 2.05. The largest absolute Gasteiger partial charge is 0.494 e. The molecule has 0 aliphatic rings. The lowest BCUT2D eigenvalue weighted by Crippen LogP contribution is -1.95. The predicted octanol–water partition coefficient (Wildman–Crippen LogP) is 4.90. The smallest absolute Gasteiger partial charge is 0.146 e. The van der Waals surface area contributed by atoms with E-state index in [2.05, 4.69) is 6.92 Å². The van der Waals surface area contributed by atoms with E-state index in [1.54, 1.807) is 6.08 Å². The van der Waals surface area contributed by atoms with E-state index in [-0.39, 0.29) is 11.3 Å². The van der Waals surface area contributed by atoms with Gasteiger partial charge in [0.25, 0.3) is 0 Å². The molecule has 0 heterocycles. The zero-order valence-electron chi connectivity index (χ0n) is 12.5. The van der Waals surface area contributed by atoms with Crippen molar-refractivity contribution in [3.63, 3.8) is 0 Å². The van der Waals surface area contributed by atoms with Crippen LogP contribution in [-0.2, 0) is 0 Å². The average Bonchev–Trinajstić information content (AvgIpc) is 2.51. The molecule has 2 aromatic carbocycles. The first-order valence-corrected chi connectivity index (χ1v) is 7.25. The number of unbranched alkanes of at least 4 members (excludes halogenated alkanes) is 1. The standard InChI is InChI=1S/C18H19F2NO/c1-2-3-10-22-15-8-5-13(6-9-15)4-7-14-11-17(20)18(21)12-16(14)19/h4-9,11-12H,2-3,10,21H2,1H3/b7-4+. The van der Waals surface area contributed by atoms with Crippen LogP contribution >= 0.6 is 0 Å². The molecule has 2 aromatic rings. The predicted molar refractivity (Wildman–Crippen MR) is 86.5 cm³/mol. The molecule has 2 nitrogen and oxygen atoms in total. The van der Waals surface area contributed by atoms with Crippen molar-refractivity contribution in [2.24, 2.45) is 0 Å². The van der Waals surface area contributed by atoms with E-state index < -0.39 is 11.6 Å². The van der Waals surface area contributed by atoms with Gasteiger partial charge in [-0.1, -0.05) is 37.6 Å². The van der Waals surface area contributed by atoms with Crippen LogP contribution in [0.2, 0.25) is 0 Å². The molecule has 0 aliphatic heterocycles. The first-order valence-electron chi connectivity index (χ1n) is 7.25. The van der Waals surface area contributed by atoms with Crippen LogP contribution in [0.15, 0.2) is 36.4 Å². The molecule has 0 aromatic heterocycles. The third-order valence-electron chi connectivity index (χ3n) is 3.22. The van der Waals surface area contributed by atoms with Crippen LogP contribution in [0.1, 0.15) is 30.9 Å². The van der Waals surface area contributed by atoms with Crippen molar-refractivity contribution in [3.8, 4) is 5.75 Å². The minimum Gasteiger partial charge on any atom is -0.494 e. The molecule has 0 spiro atoms. The number of nitrogens with two attached hydrogens (primary N) is 1. The minimum absolute atomic E-state index is 0.162. The summed E-state index contributed by atoms with van der Waals surface area (Å²) < 4.78 is 32.6. The van der Waals surface area contributed by atoms with Crippen molar-refractivity contribution < 1.29 is 13.5 Å². The van der Waals surface area contributed by atoms with Crippen LogP contribution < -0.4 is 10.5 Å². The monoisotopic (exact) mass is 303 g/mol. The molecule has 22 heavy (non-hydrogen) atoms. The van der Waals surface area contributed by atoms with Crippen LogP contribution in [0, 0.1) is 11.6 Å². The summed E-state index contributed by atoms with van der Waals surface area (Å²) in [5.74, 6) is -0.370. The van der Waals surface area contributed by atoms with Crippen molar-refractivity contribution in [1.82, 2.24) is 0 Å². The fourth-order valence-corrected chi connectivity index (χ4v) is 1.90. The molecule has 0 aliphatic carbocycles. The normalized spacial score (nSPS) is 11.0. The Morgan fingerprint density at radius 2 is 1.77 bits per heavy atom. The van der Waals surface area contributed by atoms with Crippen molar-refractivity contribution in [3.05, 3.63) is 59.2 Å². The highest BCUT2D eigenvalue weighted by molar-refractivity contribution is 5.71. The van der Waals surface area contributed by atoms with Crippen LogP contribution in [0.4, 0.5) is 14.5 Å². The maximum Gasteiger partial charge on any atom is 0.146 e. The van der Waals surface area contributed by atoms with Crippen molar-refractivity contribution in [1.29, 1.82) is 0 Å². The Morgan fingerprint density at radius 1 is 1.05 bits per heavy atom. The fourth-order valence-electron chi connectivity index (χ4n) is 1.90. The Labute approximate surface area is 129 Å². The molecule has 0 atom stereocenters. The van der Waals surface area contributed by atoms with Crippen LogP contribution in [-0.4, -0.2) is 6.61 Å². The summed E-state index contributed by atoms with van der Waals surface area (Å²) in [5.41, 5.74) is 6.16. The summed E-state index contributed by atoms with van der Waals surface area (Å²) in [7, 11) is 0. The molecule has 0 unspecified atom stereocenters. The summed E-state index contributed by atoms with van der Waals surface area (Å²) in [6.07, 6.45) is 5.34. The van der Waals surface area contributed by atoms with Gasteiger partial charge >= 0.3 is 0 Å². The van der Waals surface area contributed by atoms with Gasteiger partial charge in [-0.3, -0.25) is 0 Å². The summed E-state index contributed by atoms with van der Waals surface area (Å²) in [6.45, 7) is 2.80. The van der Waals surface area contributed by atoms with Gasteiger partial charge in [-0.15, -0.1) is 0 Å². The van der Waals surface area contributed by atoms with E-state index in [9.17, 15) is 8.78 Å². The van der Waals surface area contributed by atoms with Gasteiger partial charge < -0.3 is 10.5 Å². The number of benzene rings is 2. The van der Waals surface area contributed by atoms with Gasteiger partial charge in [0.15, 0.2) is 0 Å². The third-order valence-corrected chi connectivity index (χ3v) is 3.22. The molecule has 0 amide bonds. The molecule has 0 saturated heterocycles. The lowest BCUT2D eigenvalue weighted by Gasteiger charge is -2.05. The third kappa shape index (κ3) is 4.32. The number of ether oxygens (including phenoxy) is 1. The lowest BCUT2D eigenvalue weighted by molar-refractivity contribution is 0.309. The summed E-state index contributed by atoms with van der Waals surface area (Å²) >= 11 is 0. The van der Waals surface area contributed by atoms with Crippen molar-refractivity contribution >= 4 is 17.8 Å². The molecule has 0 fully saturated rings. The van der Waals surface area contributed by atoms with Gasteiger partial charge in [0, 0.05) is 11.6 Å². The Bertz CT molecular complexity index is 651. The van der Waals surface area contributed by atoms with E-state index in [4.69, 9.17) is 10.5 Å². The van der Waals surface area contributed by atoms with Crippen molar-refractivity contribution in [2.75, 3.05) is 12.3 Å². The van der Waals surface area contributed by atoms with Crippen LogP contribution in [0.3, 0.4) is 0 Å². The Balaban J connectivity index is 2.05. The lowest BCUT2D eigenvalue weighted by atomic mass is 10.1. The molecule has 2 N–H and O–H groups in total. The molecule has 4 heteroatoms. The Hall–Kier alpha value is -2.36. The van der Waals surface area contributed by atoms with E-state index >= 15 is 0 Å². The van der Waals surface area contributed by atoms with Crippen molar-refractivity contribution in [2.45, 2.75) is 19.8 Å². The highest BCUT2D eigenvalue weighted by atomic mass is 19.1. The van der Waals surface area contributed by atoms with Gasteiger partial charge in [0.1, 0.15) is 17.4 Å². The quantitative estimate of drug-likeness (QED) is 0.468. The Morgan fingerprint density at radius 3 is 2.45 bits per heavy atom. The maximum atomic E-state index is 13.7. The van der Waals surface area contributed by atoms with Crippen LogP contribution in [0.25, 0.3) is 12.2 Å². The van der Waals surface area contributed by atoms with Gasteiger partial charge in [-0.25, -0.2) is 8.78 Å². The van der Waals surface area contributed by atoms with Gasteiger partial charge in [0.05, 0.1) is 12.3 Å². The fraction of sp³-hybridized carbons (Fsp3) is 0.222. The number of anilines is 1. The first kappa shape index (κ1) is 16.0. The van der Waals surface area contributed by atoms with E-state index in [1.165, 1.54) is 6.08 Å². The number of rotatable bonds is 6. The average molecular weight is 303 g/mol. The van der Waals surface area contributed by atoms with Gasteiger partial charge in [-0.05, 0) is 30.2 Å². The molecular weight excluding hydrogens is 284 g/mol. The second-order valence-corrected chi connectivity index (χ2v) is 5.00. The number of hydrogen-bond acceptors (Lipinski definition) is 2. The first-order chi connectivity index (χ1) is 10.6. The zero-order valence-corrected chi connectivity index (χ0v) is 12.5. The molecule has 0 bridgehead atoms. The topological polar surface area (TPSA) is 35.2 Å². The second kappa shape index (κ2) is 7.59. The molecule has 116 valence electrons. The summed E-state index contributed by atoms with van der Waals surface area (Å²) in [5, 5.41) is 0.